The number of alkyl carbamates (subject to hydrolysis) is 1. The van der Waals surface area contributed by atoms with E-state index in [-0.39, 0.29) is 18.9 Å². The Hall–Kier alpha value is -5.22. The summed E-state index contributed by atoms with van der Waals surface area (Å²) in [7, 11) is 0. The number of ether oxygens (including phenoxy) is 1. The number of carboxylic acid groups (broad SMARTS) is 1. The maximum absolute atomic E-state index is 12.2. The Balaban J connectivity index is 0.000000745. The number of nitrogen functional groups attached to an aromatic ring is 1. The van der Waals surface area contributed by atoms with E-state index in [1.165, 1.54) is 0 Å². The molecule has 3 rings (SSSR count). The van der Waals surface area contributed by atoms with Crippen molar-refractivity contribution in [3.63, 3.8) is 0 Å². The first-order chi connectivity index (χ1) is 19.3. The smallest absolute Gasteiger partial charge is 0.475 e. The molecule has 0 saturated heterocycles. The molecule has 0 bridgehead atoms. The lowest BCUT2D eigenvalue weighted by atomic mass is 9.99. The van der Waals surface area contributed by atoms with Crippen LogP contribution in [0.25, 0.3) is 11.1 Å². The summed E-state index contributed by atoms with van der Waals surface area (Å²) in [5, 5.41) is 26.0. The Morgan fingerprint density at radius 1 is 1.02 bits per heavy atom. The Kier molecular flexibility index (Phi) is 11.6. The molecule has 3 aromatic carbocycles. The third-order valence-corrected chi connectivity index (χ3v) is 5.43. The van der Waals surface area contributed by atoms with Crippen molar-refractivity contribution in [3.05, 3.63) is 95.1 Å². The molecule has 0 aromatic heterocycles. The SMILES string of the molecule is N#Cc1ccccc1-c1ccc(CCOC(=O)NC(=O)[C@@H](N)Cc2cccc(C(=N)N)c2)cc1.O=C(O)C(F)(F)F. The molecule has 10 nitrogen and oxygen atoms in total. The number of nitrogens with two attached hydrogens (primary N) is 2. The highest BCUT2D eigenvalue weighted by Crippen LogP contribution is 2.23. The number of nitrogens with one attached hydrogen (secondary N) is 2. The molecule has 0 radical (unpaired) electrons. The molecule has 0 aliphatic carbocycles. The molecule has 3 aromatic rings. The molecule has 0 aliphatic rings. The average Bonchev–Trinajstić information content (AvgIpc) is 2.93. The van der Waals surface area contributed by atoms with Gasteiger partial charge in [-0.3, -0.25) is 15.5 Å². The number of nitrogens with zero attached hydrogens (tertiary/aromatic N) is 1. The van der Waals surface area contributed by atoms with E-state index in [2.05, 4.69) is 11.4 Å². The number of benzene rings is 3. The van der Waals surface area contributed by atoms with Gasteiger partial charge < -0.3 is 21.3 Å². The van der Waals surface area contributed by atoms with Crippen LogP contribution in [0.4, 0.5) is 18.0 Å². The fourth-order valence-electron chi connectivity index (χ4n) is 3.39. The molecular weight excluding hydrogens is 543 g/mol. The monoisotopic (exact) mass is 569 g/mol. The number of nitriles is 1. The number of alkyl halides is 3. The fraction of sp³-hybridized carbons (Fsp3) is 0.179. The van der Waals surface area contributed by atoms with Crippen molar-refractivity contribution < 1.29 is 37.4 Å². The largest absolute Gasteiger partial charge is 0.490 e. The van der Waals surface area contributed by atoms with E-state index in [1.807, 2.05) is 42.5 Å². The number of carboxylic acids is 1. The Morgan fingerprint density at radius 3 is 2.24 bits per heavy atom. The van der Waals surface area contributed by atoms with Crippen LogP contribution in [-0.4, -0.2) is 47.7 Å². The minimum Gasteiger partial charge on any atom is -0.475 e. The molecule has 0 fully saturated rings. The lowest BCUT2D eigenvalue weighted by Crippen LogP contribution is -2.44. The molecule has 0 heterocycles. The molecular formula is C28H26F3N5O5. The Morgan fingerprint density at radius 2 is 1.66 bits per heavy atom. The summed E-state index contributed by atoms with van der Waals surface area (Å²) in [6, 6.07) is 23.1. The second-order valence-electron chi connectivity index (χ2n) is 8.46. The van der Waals surface area contributed by atoms with Gasteiger partial charge in [0.05, 0.1) is 24.3 Å². The molecule has 13 heteroatoms. The van der Waals surface area contributed by atoms with Crippen LogP contribution in [0.5, 0.6) is 0 Å². The number of hydrogen-bond donors (Lipinski definition) is 5. The molecule has 0 spiro atoms. The van der Waals surface area contributed by atoms with Gasteiger partial charge in [0.1, 0.15) is 5.84 Å². The summed E-state index contributed by atoms with van der Waals surface area (Å²) < 4.78 is 36.8. The van der Waals surface area contributed by atoms with Crippen LogP contribution in [0.15, 0.2) is 72.8 Å². The van der Waals surface area contributed by atoms with Crippen LogP contribution in [-0.2, 0) is 27.2 Å². The number of aliphatic carboxylic acids is 1. The van der Waals surface area contributed by atoms with Crippen LogP contribution < -0.4 is 16.8 Å². The van der Waals surface area contributed by atoms with Gasteiger partial charge in [-0.1, -0.05) is 60.7 Å². The summed E-state index contributed by atoms with van der Waals surface area (Å²) in [6.07, 6.45) is -5.30. The van der Waals surface area contributed by atoms with Crippen molar-refractivity contribution >= 4 is 23.8 Å². The number of hydrogen-bond acceptors (Lipinski definition) is 7. The van der Waals surface area contributed by atoms with E-state index >= 15 is 0 Å². The quantitative estimate of drug-likeness (QED) is 0.201. The summed E-state index contributed by atoms with van der Waals surface area (Å²) in [5.74, 6) is -3.49. The van der Waals surface area contributed by atoms with Gasteiger partial charge in [-0.2, -0.15) is 18.4 Å². The van der Waals surface area contributed by atoms with Crippen LogP contribution in [0, 0.1) is 16.7 Å². The lowest BCUT2D eigenvalue weighted by molar-refractivity contribution is -0.192. The van der Waals surface area contributed by atoms with Crippen LogP contribution >= 0.6 is 0 Å². The van der Waals surface area contributed by atoms with E-state index in [1.54, 1.807) is 30.3 Å². The second-order valence-corrected chi connectivity index (χ2v) is 8.46. The van der Waals surface area contributed by atoms with E-state index in [4.69, 9.17) is 31.5 Å². The predicted molar refractivity (Wildman–Crippen MR) is 143 cm³/mol. The van der Waals surface area contributed by atoms with Gasteiger partial charge in [-0.15, -0.1) is 0 Å². The van der Waals surface area contributed by atoms with Crippen molar-refractivity contribution in [1.82, 2.24) is 5.32 Å². The predicted octanol–water partition coefficient (Wildman–Crippen LogP) is 3.51. The van der Waals surface area contributed by atoms with Gasteiger partial charge >= 0.3 is 18.2 Å². The maximum Gasteiger partial charge on any atom is 0.490 e. The highest BCUT2D eigenvalue weighted by molar-refractivity contribution is 5.96. The first-order valence-electron chi connectivity index (χ1n) is 11.9. The average molecular weight is 570 g/mol. The Bertz CT molecular complexity index is 1440. The minimum absolute atomic E-state index is 0.0786. The summed E-state index contributed by atoms with van der Waals surface area (Å²) in [6.45, 7) is 0.0864. The van der Waals surface area contributed by atoms with Gasteiger partial charge in [0.2, 0.25) is 5.91 Å². The Labute approximate surface area is 232 Å². The fourth-order valence-corrected chi connectivity index (χ4v) is 3.39. The number of amides is 2. The molecule has 0 saturated carbocycles. The van der Waals surface area contributed by atoms with Crippen LogP contribution in [0.1, 0.15) is 22.3 Å². The lowest BCUT2D eigenvalue weighted by Gasteiger charge is -2.12. The zero-order valence-corrected chi connectivity index (χ0v) is 21.4. The topological polar surface area (TPSA) is 192 Å². The highest BCUT2D eigenvalue weighted by atomic mass is 19.4. The summed E-state index contributed by atoms with van der Waals surface area (Å²) >= 11 is 0. The minimum atomic E-state index is -5.08. The van der Waals surface area contributed by atoms with E-state index in [0.717, 1.165) is 22.3 Å². The van der Waals surface area contributed by atoms with Gasteiger partial charge in [-0.25, -0.2) is 9.59 Å². The van der Waals surface area contributed by atoms with Crippen LogP contribution in [0.3, 0.4) is 0 Å². The van der Waals surface area contributed by atoms with Crippen molar-refractivity contribution in [2.75, 3.05) is 6.61 Å². The van der Waals surface area contributed by atoms with Crippen molar-refractivity contribution in [2.24, 2.45) is 11.5 Å². The van der Waals surface area contributed by atoms with E-state index in [9.17, 15) is 28.0 Å². The number of carbonyl (C=O) groups excluding carboxylic acids is 2. The van der Waals surface area contributed by atoms with Gasteiger partial charge in [0.25, 0.3) is 0 Å². The van der Waals surface area contributed by atoms with Gasteiger partial charge in [0.15, 0.2) is 0 Å². The van der Waals surface area contributed by atoms with Crippen molar-refractivity contribution in [3.8, 4) is 17.2 Å². The first kappa shape index (κ1) is 32.0. The second kappa shape index (κ2) is 14.8. The molecule has 41 heavy (non-hydrogen) atoms. The summed E-state index contributed by atoms with van der Waals surface area (Å²) in [5.41, 5.74) is 16.0. The van der Waals surface area contributed by atoms with Crippen LogP contribution in [0.2, 0.25) is 0 Å². The highest BCUT2D eigenvalue weighted by Gasteiger charge is 2.38. The normalized spacial score (nSPS) is 11.2. The number of carbonyl (C=O) groups is 3. The number of amidine groups is 1. The third-order valence-electron chi connectivity index (χ3n) is 5.43. The molecule has 1 atom stereocenters. The van der Waals surface area contributed by atoms with Crippen molar-refractivity contribution in [2.45, 2.75) is 25.1 Å². The first-order valence-corrected chi connectivity index (χ1v) is 11.9. The van der Waals surface area contributed by atoms with Gasteiger partial charge in [-0.05, 0) is 40.8 Å². The molecule has 0 aliphatic heterocycles. The van der Waals surface area contributed by atoms with E-state index in [0.29, 0.717) is 17.5 Å². The number of rotatable bonds is 8. The molecule has 7 N–H and O–H groups in total. The van der Waals surface area contributed by atoms with Crippen molar-refractivity contribution in [1.29, 1.82) is 10.7 Å². The number of halogens is 3. The zero-order valence-electron chi connectivity index (χ0n) is 21.4. The standard InChI is InChI=1S/C26H25N5O3.C2HF3O2/c27-16-21-5-1-2-7-22(21)19-10-8-17(9-11-19)12-13-34-26(33)31-25(32)23(28)15-18-4-3-6-20(14-18)24(29)30;3-2(4,5)1(6)7/h1-11,14,23H,12-13,15,28H2,(H3,29,30)(H,31,32,33);(H,6,7)/t23-;/m0./s1. The maximum atomic E-state index is 12.2. The van der Waals surface area contributed by atoms with E-state index < -0.39 is 30.2 Å². The molecule has 214 valence electrons. The molecule has 0 unspecified atom stereocenters. The zero-order chi connectivity index (χ0) is 30.6. The molecule has 2 amide bonds. The third kappa shape index (κ3) is 10.5. The summed E-state index contributed by atoms with van der Waals surface area (Å²) in [4.78, 5) is 33.1. The number of imide groups is 1. The van der Waals surface area contributed by atoms with Gasteiger partial charge in [0, 0.05) is 12.0 Å².